The van der Waals surface area contributed by atoms with Gasteiger partial charge in [0.05, 0.1) is 10.7 Å². The number of likely N-dealkylation sites (N-methyl/N-ethyl adjacent to an activating group) is 1. The molecule has 0 spiro atoms. The zero-order valence-corrected chi connectivity index (χ0v) is 12.4. The molecule has 3 heterocycles. The van der Waals surface area contributed by atoms with Gasteiger partial charge in [-0.1, -0.05) is 11.6 Å². The summed E-state index contributed by atoms with van der Waals surface area (Å²) in [5, 5.41) is 4.07. The van der Waals surface area contributed by atoms with Gasteiger partial charge in [0.2, 0.25) is 0 Å². The number of aromatic nitrogens is 2. The molecule has 1 fully saturated rings. The number of fused-ring (bicyclic) bond motifs is 1. The molecule has 2 aromatic rings. The Morgan fingerprint density at radius 3 is 3.00 bits per heavy atom. The summed E-state index contributed by atoms with van der Waals surface area (Å²) in [6, 6.07) is 4.45. The van der Waals surface area contributed by atoms with Crippen molar-refractivity contribution in [3.8, 4) is 0 Å². The van der Waals surface area contributed by atoms with Crippen LogP contribution < -0.4 is 5.32 Å². The fraction of sp³-hybridized carbons (Fsp3) is 0.462. The molecule has 0 aromatic carbocycles. The predicted molar refractivity (Wildman–Crippen MR) is 80.2 cm³/mol. The first-order valence-corrected chi connectivity index (χ1v) is 6.65. The van der Waals surface area contributed by atoms with Gasteiger partial charge in [-0.3, -0.25) is 4.90 Å². The van der Waals surface area contributed by atoms with Crippen LogP contribution in [-0.2, 0) is 6.54 Å². The molecule has 0 bridgehead atoms. The van der Waals surface area contributed by atoms with E-state index in [0.717, 1.165) is 36.0 Å². The van der Waals surface area contributed by atoms with Crippen molar-refractivity contribution in [2.45, 2.75) is 19.0 Å². The van der Waals surface area contributed by atoms with Crippen molar-refractivity contribution in [3.63, 3.8) is 0 Å². The van der Waals surface area contributed by atoms with Gasteiger partial charge in [0.25, 0.3) is 0 Å². The molecule has 104 valence electrons. The molecule has 0 radical (unpaired) electrons. The Kier molecular flexibility index (Phi) is 4.68. The fourth-order valence-electron chi connectivity index (χ4n) is 2.53. The van der Waals surface area contributed by atoms with Crippen molar-refractivity contribution in [1.29, 1.82) is 0 Å². The summed E-state index contributed by atoms with van der Waals surface area (Å²) in [6.45, 7) is 3.16. The highest BCUT2D eigenvalue weighted by Gasteiger charge is 2.21. The second-order valence-electron chi connectivity index (χ2n) is 4.85. The molecule has 1 atom stereocenters. The number of hydrogen-bond acceptors (Lipinski definition) is 3. The summed E-state index contributed by atoms with van der Waals surface area (Å²) >= 11 is 5.97. The van der Waals surface area contributed by atoms with E-state index in [-0.39, 0.29) is 12.4 Å². The molecule has 19 heavy (non-hydrogen) atoms. The molecule has 6 heteroatoms. The number of pyridine rings is 1. The van der Waals surface area contributed by atoms with Gasteiger partial charge in [-0.05, 0) is 25.6 Å². The first kappa shape index (κ1) is 14.6. The van der Waals surface area contributed by atoms with E-state index in [2.05, 4.69) is 21.4 Å². The standard InChI is InChI=1S/C13H17ClN4.ClH/c1-15-11-4-5-17(7-11)8-12-9-18-6-10(14)2-3-13(18)16-12;/h2-3,6,9,11,15H,4-5,7-8H2,1H3;1H. The summed E-state index contributed by atoms with van der Waals surface area (Å²) in [5.41, 5.74) is 2.06. The maximum Gasteiger partial charge on any atom is 0.137 e. The Bertz CT molecular complexity index is 555. The summed E-state index contributed by atoms with van der Waals surface area (Å²) in [7, 11) is 2.03. The molecule has 1 unspecified atom stereocenters. The van der Waals surface area contributed by atoms with Crippen molar-refractivity contribution in [3.05, 3.63) is 35.2 Å². The Balaban J connectivity index is 0.00000133. The van der Waals surface area contributed by atoms with Gasteiger partial charge < -0.3 is 9.72 Å². The third-order valence-electron chi connectivity index (χ3n) is 3.53. The maximum absolute atomic E-state index is 5.97. The van der Waals surface area contributed by atoms with Gasteiger partial charge in [0.15, 0.2) is 0 Å². The Morgan fingerprint density at radius 1 is 1.42 bits per heavy atom. The lowest BCUT2D eigenvalue weighted by atomic mass is 10.3. The smallest absolute Gasteiger partial charge is 0.137 e. The van der Waals surface area contributed by atoms with Crippen molar-refractivity contribution in [2.24, 2.45) is 0 Å². The number of nitrogens with zero attached hydrogens (tertiary/aromatic N) is 3. The second kappa shape index (κ2) is 6.09. The van der Waals surface area contributed by atoms with Gasteiger partial charge in [0, 0.05) is 38.1 Å². The third kappa shape index (κ3) is 3.20. The van der Waals surface area contributed by atoms with Gasteiger partial charge in [0.1, 0.15) is 5.65 Å². The molecule has 1 saturated heterocycles. The predicted octanol–water partition coefficient (Wildman–Crippen LogP) is 2.20. The number of imidazole rings is 1. The molecule has 1 N–H and O–H groups in total. The largest absolute Gasteiger partial charge is 0.316 e. The van der Waals surface area contributed by atoms with Crippen LogP contribution in [0.3, 0.4) is 0 Å². The first-order valence-electron chi connectivity index (χ1n) is 6.27. The quantitative estimate of drug-likeness (QED) is 0.943. The van der Waals surface area contributed by atoms with Gasteiger partial charge in [-0.2, -0.15) is 0 Å². The molecule has 1 aliphatic rings. The lowest BCUT2D eigenvalue weighted by Gasteiger charge is -2.13. The lowest BCUT2D eigenvalue weighted by molar-refractivity contribution is 0.319. The Hall–Kier alpha value is -0.810. The van der Waals surface area contributed by atoms with Gasteiger partial charge >= 0.3 is 0 Å². The minimum absolute atomic E-state index is 0. The van der Waals surface area contributed by atoms with Crippen LogP contribution in [0.2, 0.25) is 5.02 Å². The molecular weight excluding hydrogens is 283 g/mol. The molecular formula is C13H18Cl2N4. The van der Waals surface area contributed by atoms with Crippen LogP contribution in [0.5, 0.6) is 0 Å². The van der Waals surface area contributed by atoms with Crippen LogP contribution in [0.25, 0.3) is 5.65 Å². The summed E-state index contributed by atoms with van der Waals surface area (Å²) < 4.78 is 1.99. The molecule has 0 saturated carbocycles. The van der Waals surface area contributed by atoms with E-state index in [9.17, 15) is 0 Å². The summed E-state index contributed by atoms with van der Waals surface area (Å²) in [6.07, 6.45) is 5.18. The molecule has 0 amide bonds. The van der Waals surface area contributed by atoms with E-state index in [4.69, 9.17) is 11.6 Å². The minimum Gasteiger partial charge on any atom is -0.316 e. The van der Waals surface area contributed by atoms with Gasteiger partial charge in [-0.15, -0.1) is 12.4 Å². The molecule has 2 aromatic heterocycles. The van der Waals surface area contributed by atoms with Crippen molar-refractivity contribution in [2.75, 3.05) is 20.1 Å². The zero-order chi connectivity index (χ0) is 12.5. The summed E-state index contributed by atoms with van der Waals surface area (Å²) in [5.74, 6) is 0. The van der Waals surface area contributed by atoms with Crippen molar-refractivity contribution in [1.82, 2.24) is 19.6 Å². The minimum atomic E-state index is 0. The number of halogens is 2. The average molecular weight is 301 g/mol. The fourth-order valence-corrected chi connectivity index (χ4v) is 2.70. The Morgan fingerprint density at radius 2 is 2.26 bits per heavy atom. The third-order valence-corrected chi connectivity index (χ3v) is 3.75. The molecule has 4 nitrogen and oxygen atoms in total. The zero-order valence-electron chi connectivity index (χ0n) is 10.8. The van der Waals surface area contributed by atoms with Crippen LogP contribution in [0.15, 0.2) is 24.5 Å². The van der Waals surface area contributed by atoms with E-state index < -0.39 is 0 Å². The molecule has 3 rings (SSSR count). The van der Waals surface area contributed by atoms with E-state index >= 15 is 0 Å². The van der Waals surface area contributed by atoms with Crippen molar-refractivity contribution < 1.29 is 0 Å². The monoisotopic (exact) mass is 300 g/mol. The first-order chi connectivity index (χ1) is 8.74. The Labute approximate surface area is 124 Å². The molecule has 0 aliphatic carbocycles. The normalized spacial score (nSPS) is 19.8. The SMILES string of the molecule is CNC1CCN(Cc2cn3cc(Cl)ccc3n2)C1.Cl. The van der Waals surface area contributed by atoms with E-state index in [1.54, 1.807) is 0 Å². The highest BCUT2D eigenvalue weighted by Crippen LogP contribution is 2.15. The average Bonchev–Trinajstić information content (AvgIpc) is 2.95. The number of likely N-dealkylation sites (tertiary alicyclic amines) is 1. The van der Waals surface area contributed by atoms with Crippen LogP contribution in [0.4, 0.5) is 0 Å². The topological polar surface area (TPSA) is 32.6 Å². The van der Waals surface area contributed by atoms with Crippen LogP contribution in [-0.4, -0.2) is 40.5 Å². The number of rotatable bonds is 3. The van der Waals surface area contributed by atoms with Crippen molar-refractivity contribution >= 4 is 29.7 Å². The lowest BCUT2D eigenvalue weighted by Crippen LogP contribution is -2.29. The number of nitrogens with one attached hydrogen (secondary N) is 1. The second-order valence-corrected chi connectivity index (χ2v) is 5.29. The highest BCUT2D eigenvalue weighted by atomic mass is 35.5. The number of hydrogen-bond donors (Lipinski definition) is 1. The maximum atomic E-state index is 5.97. The summed E-state index contributed by atoms with van der Waals surface area (Å²) in [4.78, 5) is 7.05. The van der Waals surface area contributed by atoms with E-state index in [1.165, 1.54) is 6.42 Å². The van der Waals surface area contributed by atoms with Crippen LogP contribution in [0, 0.1) is 0 Å². The van der Waals surface area contributed by atoms with E-state index in [1.807, 2.05) is 29.8 Å². The molecule has 1 aliphatic heterocycles. The highest BCUT2D eigenvalue weighted by molar-refractivity contribution is 6.30. The van der Waals surface area contributed by atoms with E-state index in [0.29, 0.717) is 6.04 Å². The van der Waals surface area contributed by atoms with Gasteiger partial charge in [-0.25, -0.2) is 4.98 Å². The van der Waals surface area contributed by atoms with Crippen LogP contribution in [0.1, 0.15) is 12.1 Å². The van der Waals surface area contributed by atoms with Crippen LogP contribution >= 0.6 is 24.0 Å².